The van der Waals surface area contributed by atoms with Gasteiger partial charge in [0.2, 0.25) is 11.8 Å². The summed E-state index contributed by atoms with van der Waals surface area (Å²) in [6.07, 6.45) is -0.269. The molecule has 0 radical (unpaired) electrons. The Labute approximate surface area is 197 Å². The van der Waals surface area contributed by atoms with Crippen LogP contribution in [0.25, 0.3) is 0 Å². The highest BCUT2D eigenvalue weighted by Gasteiger charge is 2.45. The minimum atomic E-state index is -4.38. The van der Waals surface area contributed by atoms with Crippen molar-refractivity contribution in [2.75, 3.05) is 23.3 Å². The summed E-state index contributed by atoms with van der Waals surface area (Å²) >= 11 is 0. The maximum absolute atomic E-state index is 13.0. The molecule has 8 heteroatoms. The molecule has 0 aromatic heterocycles. The van der Waals surface area contributed by atoms with E-state index in [4.69, 9.17) is 0 Å². The molecule has 1 saturated heterocycles. The van der Waals surface area contributed by atoms with Crippen LogP contribution in [0.1, 0.15) is 56.1 Å². The second kappa shape index (κ2) is 10.1. The standard InChI is InChI=1S/C26H30F3N3O2/c1-2-6-23(25(34)30-19-7-5-8-20(15-19)32-13-3-4-14-32)31-24(33)22-16-21(22)17-9-11-18(12-10-17)26(27,28)29/h5,7-12,15,21-23H,2-4,6,13-14,16H2,1H3,(H,30,34)(H,31,33). The first-order valence-corrected chi connectivity index (χ1v) is 11.9. The number of nitrogens with one attached hydrogen (secondary N) is 2. The molecule has 4 rings (SSSR count). The molecular weight excluding hydrogens is 443 g/mol. The van der Waals surface area contributed by atoms with Gasteiger partial charge in [-0.3, -0.25) is 9.59 Å². The Hall–Kier alpha value is -3.03. The average molecular weight is 474 g/mol. The number of halogens is 3. The fourth-order valence-electron chi connectivity index (χ4n) is 4.59. The number of carbonyl (C=O) groups excluding carboxylic acids is 2. The summed E-state index contributed by atoms with van der Waals surface area (Å²) in [5, 5.41) is 5.80. The molecule has 2 amide bonds. The first-order valence-electron chi connectivity index (χ1n) is 11.9. The van der Waals surface area contributed by atoms with E-state index in [2.05, 4.69) is 15.5 Å². The average Bonchev–Trinajstić information content (AvgIpc) is 3.43. The monoisotopic (exact) mass is 473 g/mol. The van der Waals surface area contributed by atoms with Gasteiger partial charge >= 0.3 is 6.18 Å². The molecular formula is C26H30F3N3O2. The van der Waals surface area contributed by atoms with E-state index in [0.717, 1.165) is 50.2 Å². The molecule has 2 N–H and O–H groups in total. The number of rotatable bonds is 8. The zero-order valence-corrected chi connectivity index (χ0v) is 19.2. The molecule has 182 valence electrons. The fraction of sp³-hybridized carbons (Fsp3) is 0.462. The topological polar surface area (TPSA) is 61.4 Å². The Bertz CT molecular complexity index is 1020. The Kier molecular flexibility index (Phi) is 7.14. The van der Waals surface area contributed by atoms with Crippen molar-refractivity contribution >= 4 is 23.2 Å². The zero-order chi connectivity index (χ0) is 24.3. The molecule has 0 spiro atoms. The maximum Gasteiger partial charge on any atom is 0.416 e. The normalized spacial score (nSPS) is 20.6. The summed E-state index contributed by atoms with van der Waals surface area (Å²) in [4.78, 5) is 28.0. The number of carbonyl (C=O) groups is 2. The van der Waals surface area contributed by atoms with Gasteiger partial charge in [-0.2, -0.15) is 13.2 Å². The van der Waals surface area contributed by atoms with Crippen molar-refractivity contribution in [1.29, 1.82) is 0 Å². The lowest BCUT2D eigenvalue weighted by molar-refractivity contribution is -0.137. The van der Waals surface area contributed by atoms with Crippen LogP contribution in [0.15, 0.2) is 48.5 Å². The van der Waals surface area contributed by atoms with Gasteiger partial charge in [0.05, 0.1) is 5.56 Å². The number of nitrogens with zero attached hydrogens (tertiary/aromatic N) is 1. The van der Waals surface area contributed by atoms with Gasteiger partial charge in [0, 0.05) is 30.4 Å². The van der Waals surface area contributed by atoms with Gasteiger partial charge in [-0.1, -0.05) is 31.5 Å². The number of hydrogen-bond donors (Lipinski definition) is 2. The zero-order valence-electron chi connectivity index (χ0n) is 19.2. The van der Waals surface area contributed by atoms with E-state index in [1.807, 2.05) is 31.2 Å². The van der Waals surface area contributed by atoms with E-state index in [9.17, 15) is 22.8 Å². The van der Waals surface area contributed by atoms with E-state index < -0.39 is 17.8 Å². The second-order valence-corrected chi connectivity index (χ2v) is 9.15. The predicted octanol–water partition coefficient (Wildman–Crippen LogP) is 5.33. The number of hydrogen-bond acceptors (Lipinski definition) is 3. The van der Waals surface area contributed by atoms with Crippen molar-refractivity contribution in [3.05, 3.63) is 59.7 Å². The Morgan fingerprint density at radius 2 is 1.79 bits per heavy atom. The molecule has 1 saturated carbocycles. The first kappa shape index (κ1) is 24.1. The van der Waals surface area contributed by atoms with Crippen LogP contribution < -0.4 is 15.5 Å². The third-order valence-electron chi connectivity index (χ3n) is 6.59. The summed E-state index contributed by atoms with van der Waals surface area (Å²) in [6.45, 7) is 3.96. The highest BCUT2D eigenvalue weighted by Crippen LogP contribution is 2.48. The highest BCUT2D eigenvalue weighted by molar-refractivity contribution is 5.98. The van der Waals surface area contributed by atoms with Crippen molar-refractivity contribution < 1.29 is 22.8 Å². The lowest BCUT2D eigenvalue weighted by Gasteiger charge is -2.20. The molecule has 34 heavy (non-hydrogen) atoms. The molecule has 1 heterocycles. The first-order chi connectivity index (χ1) is 16.3. The highest BCUT2D eigenvalue weighted by atomic mass is 19.4. The molecule has 2 aromatic carbocycles. The second-order valence-electron chi connectivity index (χ2n) is 9.15. The Morgan fingerprint density at radius 1 is 1.09 bits per heavy atom. The van der Waals surface area contributed by atoms with E-state index in [1.165, 1.54) is 12.1 Å². The molecule has 3 atom stereocenters. The van der Waals surface area contributed by atoms with Crippen LogP contribution >= 0.6 is 0 Å². The quantitative estimate of drug-likeness (QED) is 0.545. The third kappa shape index (κ3) is 5.72. The number of alkyl halides is 3. The molecule has 1 aliphatic heterocycles. The van der Waals surface area contributed by atoms with Crippen LogP contribution in [0.3, 0.4) is 0 Å². The van der Waals surface area contributed by atoms with Gasteiger partial charge in [0.25, 0.3) is 0 Å². The molecule has 2 aliphatic rings. The summed E-state index contributed by atoms with van der Waals surface area (Å²) in [7, 11) is 0. The lowest BCUT2D eigenvalue weighted by Crippen LogP contribution is -2.44. The van der Waals surface area contributed by atoms with Crippen LogP contribution in [0.4, 0.5) is 24.5 Å². The van der Waals surface area contributed by atoms with Crippen molar-refractivity contribution in [2.45, 2.75) is 57.2 Å². The summed E-state index contributed by atoms with van der Waals surface area (Å²) < 4.78 is 38.4. The van der Waals surface area contributed by atoms with Crippen LogP contribution in [-0.2, 0) is 15.8 Å². The number of amides is 2. The van der Waals surface area contributed by atoms with Gasteiger partial charge in [-0.15, -0.1) is 0 Å². The van der Waals surface area contributed by atoms with Crippen LogP contribution in [0, 0.1) is 5.92 Å². The van der Waals surface area contributed by atoms with Gasteiger partial charge < -0.3 is 15.5 Å². The Morgan fingerprint density at radius 3 is 2.44 bits per heavy atom. The van der Waals surface area contributed by atoms with Gasteiger partial charge in [-0.05, 0) is 67.5 Å². The summed E-state index contributed by atoms with van der Waals surface area (Å²) in [5.41, 5.74) is 1.78. The lowest BCUT2D eigenvalue weighted by atomic mass is 10.1. The minimum Gasteiger partial charge on any atom is -0.371 e. The smallest absolute Gasteiger partial charge is 0.371 e. The van der Waals surface area contributed by atoms with Crippen molar-refractivity contribution in [3.63, 3.8) is 0 Å². The number of benzene rings is 2. The molecule has 5 nitrogen and oxygen atoms in total. The SMILES string of the molecule is CCCC(NC(=O)C1CC1c1ccc(C(F)(F)F)cc1)C(=O)Nc1cccc(N2CCCC2)c1. The van der Waals surface area contributed by atoms with E-state index in [1.54, 1.807) is 0 Å². The van der Waals surface area contributed by atoms with E-state index in [0.29, 0.717) is 24.1 Å². The molecule has 1 aliphatic carbocycles. The molecule has 2 fully saturated rings. The van der Waals surface area contributed by atoms with E-state index in [-0.39, 0.29) is 23.7 Å². The molecule has 3 unspecified atom stereocenters. The number of anilines is 2. The van der Waals surface area contributed by atoms with Crippen molar-refractivity contribution in [1.82, 2.24) is 5.32 Å². The van der Waals surface area contributed by atoms with Gasteiger partial charge in [0.15, 0.2) is 0 Å². The van der Waals surface area contributed by atoms with Crippen molar-refractivity contribution in [3.8, 4) is 0 Å². The molecule has 2 aromatic rings. The maximum atomic E-state index is 13.0. The largest absolute Gasteiger partial charge is 0.416 e. The van der Waals surface area contributed by atoms with Crippen molar-refractivity contribution in [2.24, 2.45) is 5.92 Å². The van der Waals surface area contributed by atoms with Crippen LogP contribution in [-0.4, -0.2) is 30.9 Å². The summed E-state index contributed by atoms with van der Waals surface area (Å²) in [5.74, 6) is -0.947. The molecule has 0 bridgehead atoms. The van der Waals surface area contributed by atoms with E-state index >= 15 is 0 Å². The fourth-order valence-corrected chi connectivity index (χ4v) is 4.59. The minimum absolute atomic E-state index is 0.121. The predicted molar refractivity (Wildman–Crippen MR) is 126 cm³/mol. The Balaban J connectivity index is 1.35. The van der Waals surface area contributed by atoms with Crippen LogP contribution in [0.5, 0.6) is 0 Å². The third-order valence-corrected chi connectivity index (χ3v) is 6.59. The van der Waals surface area contributed by atoms with Gasteiger partial charge in [-0.25, -0.2) is 0 Å². The van der Waals surface area contributed by atoms with Crippen LogP contribution in [0.2, 0.25) is 0 Å². The summed E-state index contributed by atoms with van der Waals surface area (Å²) in [6, 6.07) is 12.0. The van der Waals surface area contributed by atoms with Gasteiger partial charge in [0.1, 0.15) is 6.04 Å².